The molecule has 0 aliphatic heterocycles. The van der Waals surface area contributed by atoms with Crippen molar-refractivity contribution in [2.75, 3.05) is 13.7 Å². The van der Waals surface area contributed by atoms with Gasteiger partial charge in [0, 0.05) is 19.8 Å². The molecule has 0 aromatic heterocycles. The van der Waals surface area contributed by atoms with Gasteiger partial charge >= 0.3 is 0 Å². The Morgan fingerprint density at radius 2 is 2.06 bits per heavy atom. The number of hydrogen-bond acceptors (Lipinski definition) is 2. The second-order valence-electron chi connectivity index (χ2n) is 4.34. The van der Waals surface area contributed by atoms with E-state index in [0.29, 0.717) is 18.6 Å². The summed E-state index contributed by atoms with van der Waals surface area (Å²) in [5.41, 5.74) is 6.30. The van der Waals surface area contributed by atoms with Gasteiger partial charge in [-0.15, -0.1) is 0 Å². The molecule has 0 amide bonds. The third-order valence-electron chi connectivity index (χ3n) is 3.00. The van der Waals surface area contributed by atoms with Gasteiger partial charge in [0.05, 0.1) is 0 Å². The zero-order valence-corrected chi connectivity index (χ0v) is 10.2. The van der Waals surface area contributed by atoms with Crippen molar-refractivity contribution < 1.29 is 13.5 Å². The Morgan fingerprint density at radius 1 is 1.35 bits per heavy atom. The quantitative estimate of drug-likeness (QED) is 0.833. The van der Waals surface area contributed by atoms with Crippen molar-refractivity contribution in [1.82, 2.24) is 0 Å². The van der Waals surface area contributed by atoms with E-state index >= 15 is 0 Å². The molecule has 0 spiro atoms. The van der Waals surface area contributed by atoms with Crippen molar-refractivity contribution in [3.63, 3.8) is 0 Å². The molecule has 0 saturated heterocycles. The summed E-state index contributed by atoms with van der Waals surface area (Å²) in [7, 11) is 1.63. The summed E-state index contributed by atoms with van der Waals surface area (Å²) in [5, 5.41) is 0. The Bertz CT molecular complexity index is 357. The van der Waals surface area contributed by atoms with E-state index in [0.717, 1.165) is 12.5 Å². The number of halogens is 2. The van der Waals surface area contributed by atoms with Crippen LogP contribution in [0.15, 0.2) is 18.2 Å². The predicted octanol–water partition coefficient (Wildman–Crippen LogP) is 2.51. The Balaban J connectivity index is 2.61. The topological polar surface area (TPSA) is 35.2 Å². The van der Waals surface area contributed by atoms with Crippen LogP contribution < -0.4 is 5.73 Å². The SMILES string of the molecule is COCCC(C)C(N)Cc1cccc(F)c1F. The van der Waals surface area contributed by atoms with E-state index in [4.69, 9.17) is 10.5 Å². The minimum absolute atomic E-state index is 0.193. The second-order valence-corrected chi connectivity index (χ2v) is 4.34. The first kappa shape index (κ1) is 14.1. The maximum absolute atomic E-state index is 13.4. The van der Waals surface area contributed by atoms with Gasteiger partial charge in [-0.1, -0.05) is 19.1 Å². The zero-order valence-electron chi connectivity index (χ0n) is 10.2. The van der Waals surface area contributed by atoms with Gasteiger partial charge in [-0.2, -0.15) is 0 Å². The summed E-state index contributed by atoms with van der Waals surface area (Å²) < 4.78 is 31.4. The number of rotatable bonds is 6. The van der Waals surface area contributed by atoms with Crippen LogP contribution in [0.3, 0.4) is 0 Å². The third-order valence-corrected chi connectivity index (χ3v) is 3.00. The standard InChI is InChI=1S/C13H19F2NO/c1-9(6-7-17-2)12(16)8-10-4-3-5-11(14)13(10)15/h3-5,9,12H,6-8,16H2,1-2H3. The second kappa shape index (κ2) is 6.67. The van der Waals surface area contributed by atoms with Crippen LogP contribution in [0.1, 0.15) is 18.9 Å². The fourth-order valence-electron chi connectivity index (χ4n) is 1.68. The minimum Gasteiger partial charge on any atom is -0.385 e. The molecule has 0 saturated carbocycles. The lowest BCUT2D eigenvalue weighted by Gasteiger charge is -2.19. The maximum atomic E-state index is 13.4. The molecule has 0 fully saturated rings. The molecule has 0 aliphatic carbocycles. The lowest BCUT2D eigenvalue weighted by Crippen LogP contribution is -2.31. The van der Waals surface area contributed by atoms with Crippen LogP contribution in [0.4, 0.5) is 8.78 Å². The normalized spacial score (nSPS) is 14.6. The number of methoxy groups -OCH3 is 1. The first-order valence-corrected chi connectivity index (χ1v) is 5.73. The molecule has 2 nitrogen and oxygen atoms in total. The molecule has 1 aromatic rings. The van der Waals surface area contributed by atoms with Crippen molar-refractivity contribution in [2.45, 2.75) is 25.8 Å². The van der Waals surface area contributed by atoms with Crippen molar-refractivity contribution in [3.8, 4) is 0 Å². The highest BCUT2D eigenvalue weighted by Gasteiger charge is 2.16. The van der Waals surface area contributed by atoms with Gasteiger partial charge in [-0.05, 0) is 30.4 Å². The van der Waals surface area contributed by atoms with Crippen LogP contribution in [0.25, 0.3) is 0 Å². The number of hydrogen-bond donors (Lipinski definition) is 1. The molecule has 2 atom stereocenters. The lowest BCUT2D eigenvalue weighted by molar-refractivity contribution is 0.174. The molecule has 0 bridgehead atoms. The summed E-state index contributed by atoms with van der Waals surface area (Å²) in [6, 6.07) is 3.99. The van der Waals surface area contributed by atoms with E-state index < -0.39 is 11.6 Å². The molecular formula is C13H19F2NO. The molecule has 0 heterocycles. The van der Waals surface area contributed by atoms with E-state index in [9.17, 15) is 8.78 Å². The average Bonchev–Trinajstić information content (AvgIpc) is 2.31. The van der Waals surface area contributed by atoms with E-state index in [1.807, 2.05) is 6.92 Å². The summed E-state index contributed by atoms with van der Waals surface area (Å²) in [6.07, 6.45) is 1.16. The fourth-order valence-corrected chi connectivity index (χ4v) is 1.68. The largest absolute Gasteiger partial charge is 0.385 e. The summed E-state index contributed by atoms with van der Waals surface area (Å²) in [6.45, 7) is 2.61. The third kappa shape index (κ3) is 4.06. The zero-order chi connectivity index (χ0) is 12.8. The van der Waals surface area contributed by atoms with Crippen LogP contribution in [-0.2, 0) is 11.2 Å². The highest BCUT2D eigenvalue weighted by molar-refractivity contribution is 5.20. The molecule has 2 N–H and O–H groups in total. The number of benzene rings is 1. The molecule has 2 unspecified atom stereocenters. The Morgan fingerprint density at radius 3 is 2.71 bits per heavy atom. The van der Waals surface area contributed by atoms with Crippen molar-refractivity contribution in [3.05, 3.63) is 35.4 Å². The van der Waals surface area contributed by atoms with Crippen molar-refractivity contribution >= 4 is 0 Å². The lowest BCUT2D eigenvalue weighted by atomic mass is 9.93. The minimum atomic E-state index is -0.820. The van der Waals surface area contributed by atoms with Crippen LogP contribution in [-0.4, -0.2) is 19.8 Å². The van der Waals surface area contributed by atoms with E-state index in [1.54, 1.807) is 13.2 Å². The summed E-state index contributed by atoms with van der Waals surface area (Å²) in [5.74, 6) is -1.40. The molecule has 0 aliphatic rings. The highest BCUT2D eigenvalue weighted by atomic mass is 19.2. The Labute approximate surface area is 101 Å². The first-order valence-electron chi connectivity index (χ1n) is 5.73. The summed E-state index contributed by atoms with van der Waals surface area (Å²) in [4.78, 5) is 0. The average molecular weight is 243 g/mol. The molecule has 0 radical (unpaired) electrons. The predicted molar refractivity (Wildman–Crippen MR) is 63.7 cm³/mol. The highest BCUT2D eigenvalue weighted by Crippen LogP contribution is 2.16. The van der Waals surface area contributed by atoms with Crippen LogP contribution in [0.2, 0.25) is 0 Å². The molecule has 1 rings (SSSR count). The van der Waals surface area contributed by atoms with Gasteiger partial charge in [0.2, 0.25) is 0 Å². The van der Waals surface area contributed by atoms with Gasteiger partial charge in [0.1, 0.15) is 0 Å². The monoisotopic (exact) mass is 243 g/mol. The smallest absolute Gasteiger partial charge is 0.162 e. The molecular weight excluding hydrogens is 224 g/mol. The number of nitrogens with two attached hydrogens (primary N) is 1. The van der Waals surface area contributed by atoms with E-state index in [2.05, 4.69) is 0 Å². The number of ether oxygens (including phenoxy) is 1. The molecule has 1 aromatic carbocycles. The fraction of sp³-hybridized carbons (Fsp3) is 0.538. The van der Waals surface area contributed by atoms with Gasteiger partial charge in [-0.3, -0.25) is 0 Å². The van der Waals surface area contributed by atoms with E-state index in [1.165, 1.54) is 6.07 Å². The van der Waals surface area contributed by atoms with Gasteiger partial charge < -0.3 is 10.5 Å². The van der Waals surface area contributed by atoms with Crippen molar-refractivity contribution in [2.24, 2.45) is 11.7 Å². The maximum Gasteiger partial charge on any atom is 0.162 e. The van der Waals surface area contributed by atoms with Crippen molar-refractivity contribution in [1.29, 1.82) is 0 Å². The first-order chi connectivity index (χ1) is 8.06. The van der Waals surface area contributed by atoms with E-state index in [-0.39, 0.29) is 12.0 Å². The summed E-state index contributed by atoms with van der Waals surface area (Å²) >= 11 is 0. The molecule has 96 valence electrons. The Kier molecular flexibility index (Phi) is 5.51. The van der Waals surface area contributed by atoms with Crippen LogP contribution in [0, 0.1) is 17.6 Å². The molecule has 17 heavy (non-hydrogen) atoms. The van der Waals surface area contributed by atoms with Crippen LogP contribution >= 0.6 is 0 Å². The van der Waals surface area contributed by atoms with Gasteiger partial charge in [0.25, 0.3) is 0 Å². The van der Waals surface area contributed by atoms with Gasteiger partial charge in [0.15, 0.2) is 11.6 Å². The van der Waals surface area contributed by atoms with Gasteiger partial charge in [-0.25, -0.2) is 8.78 Å². The molecule has 4 heteroatoms. The van der Waals surface area contributed by atoms with Crippen LogP contribution in [0.5, 0.6) is 0 Å². The Hall–Kier alpha value is -1.00.